The number of nitrogens with one attached hydrogen (secondary N) is 2. The van der Waals surface area contributed by atoms with Crippen LogP contribution in [0.4, 0.5) is 17.1 Å². The van der Waals surface area contributed by atoms with Gasteiger partial charge in [0.2, 0.25) is 10.0 Å². The van der Waals surface area contributed by atoms with Crippen molar-refractivity contribution >= 4 is 33.0 Å². The van der Waals surface area contributed by atoms with E-state index < -0.39 is 10.0 Å². The first kappa shape index (κ1) is 33.6. The summed E-state index contributed by atoms with van der Waals surface area (Å²) >= 11 is 0. The minimum Gasteiger partial charge on any atom is -0.492 e. The summed E-state index contributed by atoms with van der Waals surface area (Å²) in [6.45, 7) is 9.28. The van der Waals surface area contributed by atoms with E-state index in [0.29, 0.717) is 31.0 Å². The number of nitrogens with zero attached hydrogens (tertiary/aromatic N) is 5. The molecule has 4 aromatic rings. The monoisotopic (exact) mass is 659 g/mol. The van der Waals surface area contributed by atoms with Crippen LogP contribution in [0.1, 0.15) is 65.4 Å². The molecule has 2 N–H and O–H groups in total. The lowest BCUT2D eigenvalue weighted by Crippen LogP contribution is -2.20. The summed E-state index contributed by atoms with van der Waals surface area (Å²) in [6, 6.07) is 18.6. The molecule has 1 aliphatic rings. The minimum absolute atomic E-state index is 0.210. The van der Waals surface area contributed by atoms with Gasteiger partial charge in [-0.15, -0.1) is 0 Å². The molecule has 0 radical (unpaired) electrons. The van der Waals surface area contributed by atoms with Gasteiger partial charge in [-0.3, -0.25) is 9.52 Å². The summed E-state index contributed by atoms with van der Waals surface area (Å²) in [7, 11) is -0.240. The van der Waals surface area contributed by atoms with Crippen molar-refractivity contribution in [2.75, 3.05) is 35.0 Å². The number of hydrogen-bond donors (Lipinski definition) is 2. The lowest BCUT2D eigenvalue weighted by Gasteiger charge is -2.24. The molecule has 2 heterocycles. The smallest absolute Gasteiger partial charge is 0.255 e. The van der Waals surface area contributed by atoms with E-state index in [1.807, 2.05) is 75.7 Å². The van der Waals surface area contributed by atoms with Gasteiger partial charge in [-0.2, -0.15) is 5.11 Å². The zero-order valence-corrected chi connectivity index (χ0v) is 28.6. The molecule has 1 aliphatic heterocycles. The SMILES string of the molecule is COc1c(NC(=O)c2ccc(C)c(N3CC(c4cnc(COCc5ccccc5)n4C)N=N3)c2)cc(C(C)(C)C)cc1NS(C)(=O)=O. The average molecular weight is 660 g/mol. The lowest BCUT2D eigenvalue weighted by molar-refractivity contribution is 0.0998. The van der Waals surface area contributed by atoms with Crippen molar-refractivity contribution in [1.82, 2.24) is 9.55 Å². The zero-order valence-electron chi connectivity index (χ0n) is 27.7. The number of sulfonamides is 1. The van der Waals surface area contributed by atoms with Gasteiger partial charge in [-0.1, -0.05) is 62.4 Å². The molecule has 0 bridgehead atoms. The Labute approximate surface area is 275 Å². The fraction of sp³-hybridized carbons (Fsp3) is 0.353. The van der Waals surface area contributed by atoms with Crippen molar-refractivity contribution < 1.29 is 22.7 Å². The van der Waals surface area contributed by atoms with E-state index >= 15 is 0 Å². The number of carbonyl (C=O) groups excluding carboxylic acids is 1. The molecule has 5 rings (SSSR count). The van der Waals surface area contributed by atoms with Crippen molar-refractivity contribution in [2.24, 2.45) is 17.4 Å². The summed E-state index contributed by atoms with van der Waals surface area (Å²) in [5, 5.41) is 13.7. The van der Waals surface area contributed by atoms with E-state index in [9.17, 15) is 13.2 Å². The molecule has 0 saturated carbocycles. The first-order valence-electron chi connectivity index (χ1n) is 15.2. The topological polar surface area (TPSA) is 140 Å². The van der Waals surface area contributed by atoms with Crippen molar-refractivity contribution in [2.45, 2.75) is 52.4 Å². The van der Waals surface area contributed by atoms with Gasteiger partial charge < -0.3 is 19.4 Å². The first-order valence-corrected chi connectivity index (χ1v) is 17.1. The summed E-state index contributed by atoms with van der Waals surface area (Å²) in [6.07, 6.45) is 2.87. The van der Waals surface area contributed by atoms with Gasteiger partial charge in [0.15, 0.2) is 5.75 Å². The van der Waals surface area contributed by atoms with Gasteiger partial charge in [-0.05, 0) is 53.3 Å². The maximum Gasteiger partial charge on any atom is 0.255 e. The largest absolute Gasteiger partial charge is 0.492 e. The van der Waals surface area contributed by atoms with Crippen LogP contribution in [0.5, 0.6) is 5.75 Å². The molecular formula is C34H41N7O5S. The Morgan fingerprint density at radius 1 is 1.04 bits per heavy atom. The average Bonchev–Trinajstić information content (AvgIpc) is 3.63. The van der Waals surface area contributed by atoms with E-state index in [1.165, 1.54) is 7.11 Å². The Kier molecular flexibility index (Phi) is 9.68. The van der Waals surface area contributed by atoms with E-state index in [0.717, 1.165) is 40.2 Å². The molecule has 0 aliphatic carbocycles. The van der Waals surface area contributed by atoms with Crippen LogP contribution in [0.15, 0.2) is 77.2 Å². The Balaban J connectivity index is 1.32. The predicted molar refractivity (Wildman–Crippen MR) is 182 cm³/mol. The van der Waals surface area contributed by atoms with Crippen LogP contribution in [0.25, 0.3) is 0 Å². The molecule has 1 amide bonds. The second-order valence-electron chi connectivity index (χ2n) is 12.6. The Hall–Kier alpha value is -4.75. The molecule has 1 unspecified atom stereocenters. The highest BCUT2D eigenvalue weighted by molar-refractivity contribution is 7.92. The van der Waals surface area contributed by atoms with Crippen molar-refractivity contribution in [3.63, 3.8) is 0 Å². The molecule has 1 atom stereocenters. The third-order valence-electron chi connectivity index (χ3n) is 7.90. The van der Waals surface area contributed by atoms with Gasteiger partial charge >= 0.3 is 0 Å². The van der Waals surface area contributed by atoms with E-state index in [4.69, 9.17) is 9.47 Å². The standard InChI is InChI=1S/C34H41N7O5S/c1-22-13-14-24(33(42)36-26-16-25(34(2,3)4)17-27(32(26)45-6)38-47(7,43)44)15-29(22)41-19-28(37-39-41)30-18-35-31(40(30)5)21-46-20-23-11-9-8-10-12-23/h8-18,28,38H,19-21H2,1-7H3,(H,36,42). The van der Waals surface area contributed by atoms with Crippen LogP contribution < -0.4 is 19.8 Å². The second-order valence-corrected chi connectivity index (χ2v) is 14.4. The summed E-state index contributed by atoms with van der Waals surface area (Å²) < 4.78 is 40.2. The van der Waals surface area contributed by atoms with Gasteiger partial charge in [0.05, 0.1) is 55.5 Å². The quantitative estimate of drug-likeness (QED) is 0.193. The summed E-state index contributed by atoms with van der Waals surface area (Å²) in [5.41, 5.74) is 5.13. The van der Waals surface area contributed by atoms with Gasteiger partial charge in [0.25, 0.3) is 5.91 Å². The molecular weight excluding hydrogens is 618 g/mol. The lowest BCUT2D eigenvalue weighted by atomic mass is 9.86. The molecule has 13 heteroatoms. The normalized spacial score (nSPS) is 14.8. The minimum atomic E-state index is -3.61. The van der Waals surface area contributed by atoms with Crippen LogP contribution in [0.2, 0.25) is 0 Å². The van der Waals surface area contributed by atoms with E-state index in [2.05, 4.69) is 25.4 Å². The van der Waals surface area contributed by atoms with Crippen LogP contribution in [-0.2, 0) is 40.4 Å². The summed E-state index contributed by atoms with van der Waals surface area (Å²) in [5.74, 6) is 0.613. The molecule has 1 aromatic heterocycles. The number of imidazole rings is 1. The van der Waals surface area contributed by atoms with Gasteiger partial charge in [-0.25, -0.2) is 18.4 Å². The number of benzene rings is 3. The highest BCUT2D eigenvalue weighted by Gasteiger charge is 2.28. The highest BCUT2D eigenvalue weighted by atomic mass is 32.2. The van der Waals surface area contributed by atoms with Crippen LogP contribution in [0.3, 0.4) is 0 Å². The number of ether oxygens (including phenoxy) is 2. The van der Waals surface area contributed by atoms with Crippen LogP contribution in [0, 0.1) is 6.92 Å². The Bertz CT molecular complexity index is 1900. The molecule has 12 nitrogen and oxygen atoms in total. The van der Waals surface area contributed by atoms with Crippen molar-refractivity contribution in [3.8, 4) is 5.75 Å². The third kappa shape index (κ3) is 7.98. The number of rotatable bonds is 11. The maximum atomic E-state index is 13.6. The number of anilines is 3. The predicted octanol–water partition coefficient (Wildman–Crippen LogP) is 6.30. The van der Waals surface area contributed by atoms with Crippen LogP contribution >= 0.6 is 0 Å². The number of hydrogen-bond acceptors (Lipinski definition) is 9. The fourth-order valence-electron chi connectivity index (χ4n) is 5.28. The Morgan fingerprint density at radius 2 is 1.77 bits per heavy atom. The molecule has 0 fully saturated rings. The zero-order chi connectivity index (χ0) is 33.9. The van der Waals surface area contributed by atoms with Crippen LogP contribution in [-0.4, -0.2) is 43.8 Å². The number of methoxy groups -OCH3 is 1. The van der Waals surface area contributed by atoms with Crippen molar-refractivity contribution in [1.29, 1.82) is 0 Å². The molecule has 248 valence electrons. The first-order chi connectivity index (χ1) is 22.2. The summed E-state index contributed by atoms with van der Waals surface area (Å²) in [4.78, 5) is 18.2. The number of carbonyl (C=O) groups is 1. The fourth-order valence-corrected chi connectivity index (χ4v) is 5.83. The number of amides is 1. The van der Waals surface area contributed by atoms with Gasteiger partial charge in [0.1, 0.15) is 18.5 Å². The third-order valence-corrected chi connectivity index (χ3v) is 8.49. The molecule has 3 aromatic carbocycles. The molecule has 0 spiro atoms. The Morgan fingerprint density at radius 3 is 2.45 bits per heavy atom. The number of aromatic nitrogens is 2. The van der Waals surface area contributed by atoms with Gasteiger partial charge in [0, 0.05) is 12.6 Å². The van der Waals surface area contributed by atoms with E-state index in [1.54, 1.807) is 35.5 Å². The van der Waals surface area contributed by atoms with Crippen molar-refractivity contribution in [3.05, 3.63) is 101 Å². The van der Waals surface area contributed by atoms with E-state index in [-0.39, 0.29) is 28.8 Å². The number of aryl methyl sites for hydroxylation is 1. The second kappa shape index (κ2) is 13.5. The highest BCUT2D eigenvalue weighted by Crippen LogP contribution is 2.39. The molecule has 47 heavy (non-hydrogen) atoms. The molecule has 0 saturated heterocycles. The maximum absolute atomic E-state index is 13.6.